The van der Waals surface area contributed by atoms with E-state index < -0.39 is 34.8 Å². The van der Waals surface area contributed by atoms with E-state index >= 15 is 0 Å². The number of allylic oxidation sites excluding steroid dienone is 2. The van der Waals surface area contributed by atoms with Crippen LogP contribution in [-0.2, 0) is 0 Å². The SMILES string of the molecule is N#CC1=NC2C=C(C(=O)c3c(F)ccc(O)c3F)C=CC2N=C1. The van der Waals surface area contributed by atoms with Gasteiger partial charge in [0.15, 0.2) is 23.1 Å². The second-order valence-corrected chi connectivity index (χ2v) is 4.95. The van der Waals surface area contributed by atoms with Crippen molar-refractivity contribution in [2.75, 3.05) is 0 Å². The van der Waals surface area contributed by atoms with E-state index in [4.69, 9.17) is 5.26 Å². The van der Waals surface area contributed by atoms with Crippen molar-refractivity contribution in [1.82, 2.24) is 0 Å². The molecule has 0 aromatic heterocycles. The Hall–Kier alpha value is -3.14. The number of fused-ring (bicyclic) bond motifs is 1. The Labute approximate surface area is 129 Å². The first kappa shape index (κ1) is 14.8. The Balaban J connectivity index is 1.99. The standard InChI is InChI=1S/C16H9F2N3O2/c17-10-2-4-13(22)15(18)14(10)16(23)8-1-3-11-12(5-8)21-9(6-19)7-20-11/h1-5,7,11-12,22H. The number of benzene rings is 1. The summed E-state index contributed by atoms with van der Waals surface area (Å²) in [6, 6.07) is 2.56. The van der Waals surface area contributed by atoms with Crippen molar-refractivity contribution in [1.29, 1.82) is 5.26 Å². The molecule has 1 heterocycles. The monoisotopic (exact) mass is 313 g/mol. The molecule has 7 heteroatoms. The highest BCUT2D eigenvalue weighted by Gasteiger charge is 2.28. The molecule has 1 aliphatic carbocycles. The number of ketones is 1. The fourth-order valence-electron chi connectivity index (χ4n) is 2.36. The molecule has 0 amide bonds. The summed E-state index contributed by atoms with van der Waals surface area (Å²) in [4.78, 5) is 20.6. The summed E-state index contributed by atoms with van der Waals surface area (Å²) in [6.45, 7) is 0. The van der Waals surface area contributed by atoms with Crippen molar-refractivity contribution in [3.63, 3.8) is 0 Å². The minimum atomic E-state index is -1.31. The van der Waals surface area contributed by atoms with Crippen LogP contribution >= 0.6 is 0 Å². The summed E-state index contributed by atoms with van der Waals surface area (Å²) >= 11 is 0. The van der Waals surface area contributed by atoms with E-state index in [1.165, 1.54) is 18.4 Å². The van der Waals surface area contributed by atoms with Crippen LogP contribution in [0.2, 0.25) is 0 Å². The molecule has 1 aromatic rings. The molecule has 2 unspecified atom stereocenters. The van der Waals surface area contributed by atoms with Crippen LogP contribution in [0.3, 0.4) is 0 Å². The van der Waals surface area contributed by atoms with Crippen LogP contribution in [0.25, 0.3) is 0 Å². The number of nitrogens with zero attached hydrogens (tertiary/aromatic N) is 3. The fourth-order valence-corrected chi connectivity index (χ4v) is 2.36. The van der Waals surface area contributed by atoms with E-state index in [1.807, 2.05) is 6.07 Å². The number of hydrogen-bond donors (Lipinski definition) is 1. The van der Waals surface area contributed by atoms with E-state index in [0.29, 0.717) is 0 Å². The molecule has 0 radical (unpaired) electrons. The third-order valence-corrected chi connectivity index (χ3v) is 3.50. The lowest BCUT2D eigenvalue weighted by molar-refractivity contribution is 0.102. The molecule has 2 aliphatic rings. The Morgan fingerprint density at radius 2 is 2.09 bits per heavy atom. The van der Waals surface area contributed by atoms with Gasteiger partial charge < -0.3 is 5.11 Å². The molecule has 1 aliphatic heterocycles. The fraction of sp³-hybridized carbons (Fsp3) is 0.125. The van der Waals surface area contributed by atoms with Gasteiger partial charge >= 0.3 is 0 Å². The zero-order valence-electron chi connectivity index (χ0n) is 11.6. The number of aliphatic imine (C=N–C) groups is 2. The van der Waals surface area contributed by atoms with Gasteiger partial charge in [0.05, 0.1) is 23.9 Å². The van der Waals surface area contributed by atoms with Gasteiger partial charge in [-0.1, -0.05) is 12.2 Å². The molecule has 1 aromatic carbocycles. The summed E-state index contributed by atoms with van der Waals surface area (Å²) in [5.74, 6) is -4.09. The second kappa shape index (κ2) is 5.57. The van der Waals surface area contributed by atoms with Crippen LogP contribution in [0.1, 0.15) is 10.4 Å². The number of Topliss-reactive ketones (excluding diaryl/α,β-unsaturated/α-hetero) is 1. The molecule has 0 fully saturated rings. The van der Waals surface area contributed by atoms with Crippen LogP contribution in [-0.4, -0.2) is 34.9 Å². The highest BCUT2D eigenvalue weighted by Crippen LogP contribution is 2.27. The topological polar surface area (TPSA) is 85.8 Å². The van der Waals surface area contributed by atoms with Crippen LogP contribution in [0, 0.1) is 23.0 Å². The molecule has 1 N–H and O–H groups in total. The zero-order chi connectivity index (χ0) is 16.6. The van der Waals surface area contributed by atoms with Crippen LogP contribution in [0.15, 0.2) is 45.9 Å². The molecule has 2 atom stereocenters. The number of phenolic OH excluding ortho intramolecular Hbond substituents is 1. The maximum atomic E-state index is 13.9. The number of aromatic hydroxyl groups is 1. The predicted octanol–water partition coefficient (Wildman–Crippen LogP) is 2.14. The van der Waals surface area contributed by atoms with Crippen LogP contribution in [0.5, 0.6) is 5.75 Å². The molecule has 0 bridgehead atoms. The van der Waals surface area contributed by atoms with Crippen molar-refractivity contribution < 1.29 is 18.7 Å². The molecular weight excluding hydrogens is 304 g/mol. The van der Waals surface area contributed by atoms with Gasteiger partial charge in [-0.2, -0.15) is 5.26 Å². The molecule has 0 saturated carbocycles. The van der Waals surface area contributed by atoms with Crippen molar-refractivity contribution in [3.05, 3.63) is 53.1 Å². The first-order valence-corrected chi connectivity index (χ1v) is 6.64. The van der Waals surface area contributed by atoms with Gasteiger partial charge in [-0.05, 0) is 18.2 Å². The van der Waals surface area contributed by atoms with Gasteiger partial charge in [0, 0.05) is 5.57 Å². The van der Waals surface area contributed by atoms with Gasteiger partial charge in [0.1, 0.15) is 11.9 Å². The van der Waals surface area contributed by atoms with E-state index in [1.54, 1.807) is 6.08 Å². The molecule has 5 nitrogen and oxygen atoms in total. The number of rotatable bonds is 2. The Morgan fingerprint density at radius 1 is 1.30 bits per heavy atom. The Bertz CT molecular complexity index is 863. The minimum Gasteiger partial charge on any atom is -0.505 e. The van der Waals surface area contributed by atoms with Crippen LogP contribution < -0.4 is 0 Å². The Kier molecular flexibility index (Phi) is 3.58. The number of phenols is 1. The maximum absolute atomic E-state index is 13.9. The van der Waals surface area contributed by atoms with E-state index in [2.05, 4.69) is 9.98 Å². The third-order valence-electron chi connectivity index (χ3n) is 3.50. The van der Waals surface area contributed by atoms with Gasteiger partial charge in [-0.3, -0.25) is 14.8 Å². The lowest BCUT2D eigenvalue weighted by atomic mass is 9.92. The molecule has 3 rings (SSSR count). The summed E-state index contributed by atoms with van der Waals surface area (Å²) < 4.78 is 27.6. The number of carbonyl (C=O) groups excluding carboxylic acids is 1. The predicted molar refractivity (Wildman–Crippen MR) is 78.7 cm³/mol. The van der Waals surface area contributed by atoms with E-state index in [0.717, 1.165) is 12.1 Å². The number of hydrogen-bond acceptors (Lipinski definition) is 5. The lowest BCUT2D eigenvalue weighted by Gasteiger charge is -2.22. The normalized spacial score (nSPS) is 22.0. The molecular formula is C16H9F2N3O2. The number of nitriles is 1. The molecule has 0 spiro atoms. The van der Waals surface area contributed by atoms with Crippen molar-refractivity contribution >= 4 is 17.7 Å². The summed E-state index contributed by atoms with van der Waals surface area (Å²) in [7, 11) is 0. The number of halogens is 2. The van der Waals surface area contributed by atoms with Gasteiger partial charge in [-0.25, -0.2) is 8.78 Å². The molecule has 23 heavy (non-hydrogen) atoms. The summed E-state index contributed by atoms with van der Waals surface area (Å²) in [6.07, 6.45) is 5.71. The minimum absolute atomic E-state index is 0.0211. The Morgan fingerprint density at radius 3 is 2.83 bits per heavy atom. The average Bonchev–Trinajstić information content (AvgIpc) is 2.57. The van der Waals surface area contributed by atoms with Crippen molar-refractivity contribution in [2.45, 2.75) is 12.1 Å². The highest BCUT2D eigenvalue weighted by molar-refractivity contribution is 6.38. The second-order valence-electron chi connectivity index (χ2n) is 4.95. The third kappa shape index (κ3) is 2.55. The van der Waals surface area contributed by atoms with Crippen molar-refractivity contribution in [3.8, 4) is 11.8 Å². The first-order valence-electron chi connectivity index (χ1n) is 6.64. The van der Waals surface area contributed by atoms with E-state index in [-0.39, 0.29) is 17.3 Å². The molecule has 114 valence electrons. The highest BCUT2D eigenvalue weighted by atomic mass is 19.1. The van der Waals surface area contributed by atoms with Gasteiger partial charge in [0.25, 0.3) is 0 Å². The summed E-state index contributed by atoms with van der Waals surface area (Å²) in [5, 5.41) is 18.2. The van der Waals surface area contributed by atoms with Gasteiger partial charge in [0.2, 0.25) is 0 Å². The van der Waals surface area contributed by atoms with E-state index in [9.17, 15) is 18.7 Å². The lowest BCUT2D eigenvalue weighted by Crippen LogP contribution is -2.28. The largest absolute Gasteiger partial charge is 0.505 e. The first-order chi connectivity index (χ1) is 11.0. The van der Waals surface area contributed by atoms with Crippen molar-refractivity contribution in [2.24, 2.45) is 9.98 Å². The average molecular weight is 313 g/mol. The summed E-state index contributed by atoms with van der Waals surface area (Å²) in [5.41, 5.74) is -0.699. The zero-order valence-corrected chi connectivity index (χ0v) is 11.6. The number of carbonyl (C=O) groups is 1. The quantitative estimate of drug-likeness (QED) is 0.849. The smallest absolute Gasteiger partial charge is 0.198 e. The van der Waals surface area contributed by atoms with Crippen LogP contribution in [0.4, 0.5) is 8.78 Å². The maximum Gasteiger partial charge on any atom is 0.198 e. The van der Waals surface area contributed by atoms with Gasteiger partial charge in [-0.15, -0.1) is 0 Å². The molecule has 0 saturated heterocycles.